The second kappa shape index (κ2) is 10.3. The summed E-state index contributed by atoms with van der Waals surface area (Å²) in [6.45, 7) is 4.29. The van der Waals surface area contributed by atoms with Gasteiger partial charge in [-0.3, -0.25) is 4.57 Å². The molecule has 0 amide bonds. The molecule has 46 heavy (non-hydrogen) atoms. The number of nitrogens with zero attached hydrogens (tertiary/aromatic N) is 4. The van der Waals surface area contributed by atoms with Crippen molar-refractivity contribution in [2.45, 2.75) is 13.8 Å². The number of benzene rings is 6. The van der Waals surface area contributed by atoms with Crippen LogP contribution in [0.2, 0.25) is 0 Å². The third-order valence-corrected chi connectivity index (χ3v) is 9.26. The first-order valence-corrected chi connectivity index (χ1v) is 15.7. The third kappa shape index (κ3) is 3.93. The average Bonchev–Trinajstić information content (AvgIpc) is 3.61. The molecule has 4 heteroatoms. The summed E-state index contributed by atoms with van der Waals surface area (Å²) in [4.78, 5) is 10.7. The molecule has 9 rings (SSSR count). The number of hydrogen-bond donors (Lipinski definition) is 0. The maximum absolute atomic E-state index is 5.38. The van der Waals surface area contributed by atoms with Gasteiger partial charge >= 0.3 is 0 Å². The first-order valence-electron chi connectivity index (χ1n) is 15.7. The second-order valence-corrected chi connectivity index (χ2v) is 12.0. The number of rotatable bonds is 4. The van der Waals surface area contributed by atoms with E-state index in [-0.39, 0.29) is 0 Å². The van der Waals surface area contributed by atoms with Crippen molar-refractivity contribution in [3.8, 4) is 34.2 Å². The number of aryl methyl sites for hydroxylation is 1. The van der Waals surface area contributed by atoms with Crippen molar-refractivity contribution in [3.63, 3.8) is 0 Å². The van der Waals surface area contributed by atoms with Gasteiger partial charge in [0, 0.05) is 43.9 Å². The highest BCUT2D eigenvalue weighted by atomic mass is 15.2. The van der Waals surface area contributed by atoms with Gasteiger partial charge < -0.3 is 4.57 Å². The van der Waals surface area contributed by atoms with Crippen molar-refractivity contribution in [1.29, 1.82) is 0 Å². The quantitative estimate of drug-likeness (QED) is 0.204. The lowest BCUT2D eigenvalue weighted by Crippen LogP contribution is -2.07. The van der Waals surface area contributed by atoms with Crippen LogP contribution in [-0.4, -0.2) is 19.1 Å². The minimum absolute atomic E-state index is 0.663. The molecule has 4 nitrogen and oxygen atoms in total. The Morgan fingerprint density at radius 1 is 0.435 bits per heavy atom. The normalized spacial score (nSPS) is 11.7. The summed E-state index contributed by atoms with van der Waals surface area (Å²) < 4.78 is 4.63. The van der Waals surface area contributed by atoms with E-state index in [0.717, 1.165) is 50.3 Å². The molecule has 6 aromatic carbocycles. The van der Waals surface area contributed by atoms with Crippen LogP contribution in [0.15, 0.2) is 146 Å². The van der Waals surface area contributed by atoms with Crippen LogP contribution >= 0.6 is 0 Å². The zero-order valence-electron chi connectivity index (χ0n) is 25.6. The first kappa shape index (κ1) is 26.4. The molecule has 3 heterocycles. The van der Waals surface area contributed by atoms with Gasteiger partial charge in [0.05, 0.1) is 33.5 Å². The molecular weight excluding hydrogens is 560 g/mol. The minimum atomic E-state index is 0.663. The Hall–Kier alpha value is -6.00. The van der Waals surface area contributed by atoms with Crippen LogP contribution in [0.4, 0.5) is 0 Å². The zero-order chi connectivity index (χ0) is 30.8. The molecule has 0 fully saturated rings. The van der Waals surface area contributed by atoms with Crippen LogP contribution in [0.25, 0.3) is 77.8 Å². The molecule has 0 unspecified atom stereocenters. The molecule has 9 aromatic rings. The largest absolute Gasteiger partial charge is 0.309 e. The molecule has 0 radical (unpaired) electrons. The molecule has 0 aliphatic heterocycles. The Labute approximate surface area is 266 Å². The topological polar surface area (TPSA) is 35.6 Å². The molecule has 3 aromatic heterocycles. The predicted octanol–water partition coefficient (Wildman–Crippen LogP) is 10.6. The number of para-hydroxylation sites is 3. The highest BCUT2D eigenvalue weighted by Crippen LogP contribution is 2.40. The molecular formula is C42H30N4. The van der Waals surface area contributed by atoms with Crippen molar-refractivity contribution in [3.05, 3.63) is 157 Å². The van der Waals surface area contributed by atoms with Gasteiger partial charge in [0.25, 0.3) is 0 Å². The van der Waals surface area contributed by atoms with Gasteiger partial charge in [-0.15, -0.1) is 0 Å². The molecule has 0 saturated carbocycles. The van der Waals surface area contributed by atoms with E-state index < -0.39 is 0 Å². The van der Waals surface area contributed by atoms with E-state index in [1.807, 2.05) is 6.07 Å². The van der Waals surface area contributed by atoms with Gasteiger partial charge in [-0.25, -0.2) is 9.97 Å². The molecule has 218 valence electrons. The third-order valence-electron chi connectivity index (χ3n) is 9.26. The van der Waals surface area contributed by atoms with Crippen molar-refractivity contribution in [2.75, 3.05) is 0 Å². The van der Waals surface area contributed by atoms with E-state index >= 15 is 0 Å². The summed E-state index contributed by atoms with van der Waals surface area (Å²) in [5.74, 6) is 0.663. The van der Waals surface area contributed by atoms with E-state index in [4.69, 9.17) is 9.97 Å². The lowest BCUT2D eigenvalue weighted by Gasteiger charge is -2.16. The number of aromatic nitrogens is 4. The van der Waals surface area contributed by atoms with Crippen molar-refractivity contribution in [2.24, 2.45) is 0 Å². The fourth-order valence-electron chi connectivity index (χ4n) is 7.08. The summed E-state index contributed by atoms with van der Waals surface area (Å²) in [6, 6.07) is 51.6. The predicted molar refractivity (Wildman–Crippen MR) is 191 cm³/mol. The van der Waals surface area contributed by atoms with Gasteiger partial charge in [-0.05, 0) is 55.8 Å². The van der Waals surface area contributed by atoms with Crippen LogP contribution in [0.3, 0.4) is 0 Å². The van der Waals surface area contributed by atoms with E-state index in [0.29, 0.717) is 5.95 Å². The highest BCUT2D eigenvalue weighted by molar-refractivity contribution is 6.19. The summed E-state index contributed by atoms with van der Waals surface area (Å²) in [7, 11) is 0. The zero-order valence-corrected chi connectivity index (χ0v) is 25.6. The monoisotopic (exact) mass is 590 g/mol. The second-order valence-electron chi connectivity index (χ2n) is 12.0. The van der Waals surface area contributed by atoms with Gasteiger partial charge in [-0.2, -0.15) is 0 Å². The van der Waals surface area contributed by atoms with E-state index in [1.54, 1.807) is 0 Å². The van der Waals surface area contributed by atoms with Crippen LogP contribution < -0.4 is 0 Å². The summed E-state index contributed by atoms with van der Waals surface area (Å²) >= 11 is 0. The van der Waals surface area contributed by atoms with Crippen LogP contribution in [0, 0.1) is 13.8 Å². The lowest BCUT2D eigenvalue weighted by molar-refractivity contribution is 0.984. The summed E-state index contributed by atoms with van der Waals surface area (Å²) in [6.07, 6.45) is 0. The van der Waals surface area contributed by atoms with Crippen molar-refractivity contribution < 1.29 is 0 Å². The number of hydrogen-bond acceptors (Lipinski definition) is 2. The van der Waals surface area contributed by atoms with Crippen LogP contribution in [-0.2, 0) is 0 Å². The molecule has 0 N–H and O–H groups in total. The smallest absolute Gasteiger partial charge is 0.235 e. The summed E-state index contributed by atoms with van der Waals surface area (Å²) in [5, 5.41) is 4.82. The molecule has 0 bridgehead atoms. The Bertz CT molecular complexity index is 2590. The SMILES string of the molecule is Cc1ccccc1-c1nc(-n2c3ccccc3c3cc4c5ccccc5n(-c5ccccc5)c4cc32)nc(-c2ccccc2)c1C. The van der Waals surface area contributed by atoms with Crippen LogP contribution in [0.5, 0.6) is 0 Å². The Morgan fingerprint density at radius 2 is 0.978 bits per heavy atom. The Kier molecular flexibility index (Phi) is 5.90. The molecule has 0 spiro atoms. The van der Waals surface area contributed by atoms with E-state index in [1.165, 1.54) is 32.6 Å². The van der Waals surface area contributed by atoms with Crippen LogP contribution in [0.1, 0.15) is 11.1 Å². The van der Waals surface area contributed by atoms with Gasteiger partial charge in [0.1, 0.15) is 0 Å². The summed E-state index contributed by atoms with van der Waals surface area (Å²) in [5.41, 5.74) is 12.0. The standard InChI is InChI=1S/C42H30N4/c1-27-15-9-10-20-31(27)41-28(2)40(29-16-5-3-6-17-29)43-42(44-41)46-37-24-14-12-22-33(37)35-25-34-32-21-11-13-23-36(32)45(38(34)26-39(35)46)30-18-7-4-8-19-30/h3-26H,1-2H3. The lowest BCUT2D eigenvalue weighted by atomic mass is 9.98. The Balaban J connectivity index is 1.43. The van der Waals surface area contributed by atoms with Gasteiger partial charge in [0.2, 0.25) is 5.95 Å². The molecule has 0 atom stereocenters. The van der Waals surface area contributed by atoms with Gasteiger partial charge in [0.15, 0.2) is 0 Å². The van der Waals surface area contributed by atoms with Crippen molar-refractivity contribution in [1.82, 2.24) is 19.1 Å². The van der Waals surface area contributed by atoms with Gasteiger partial charge in [-0.1, -0.05) is 109 Å². The van der Waals surface area contributed by atoms with E-state index in [9.17, 15) is 0 Å². The highest BCUT2D eigenvalue weighted by Gasteiger charge is 2.22. The minimum Gasteiger partial charge on any atom is -0.309 e. The Morgan fingerprint density at radius 3 is 1.67 bits per heavy atom. The molecule has 0 saturated heterocycles. The first-order chi connectivity index (χ1) is 22.7. The van der Waals surface area contributed by atoms with Crippen molar-refractivity contribution >= 4 is 43.6 Å². The number of fused-ring (bicyclic) bond motifs is 6. The molecule has 0 aliphatic carbocycles. The fourth-order valence-corrected chi connectivity index (χ4v) is 7.08. The molecule has 0 aliphatic rings. The average molecular weight is 591 g/mol. The maximum Gasteiger partial charge on any atom is 0.235 e. The maximum atomic E-state index is 5.38. The fraction of sp³-hybridized carbons (Fsp3) is 0.0476. The van der Waals surface area contributed by atoms with E-state index in [2.05, 4.69) is 163 Å².